The van der Waals surface area contributed by atoms with Crippen LogP contribution in [-0.4, -0.2) is 24.1 Å². The highest BCUT2D eigenvalue weighted by Gasteiger charge is 2.17. The molecular weight excluding hydrogens is 264 g/mol. The summed E-state index contributed by atoms with van der Waals surface area (Å²) in [6, 6.07) is 8.29. The summed E-state index contributed by atoms with van der Waals surface area (Å²) in [5, 5.41) is 6.31. The molecule has 0 aromatic heterocycles. The molecule has 0 radical (unpaired) electrons. The van der Waals surface area contributed by atoms with Crippen molar-refractivity contribution in [3.05, 3.63) is 29.8 Å². The van der Waals surface area contributed by atoms with Crippen LogP contribution in [0.15, 0.2) is 24.3 Å². The number of carbonyl (C=O) groups is 1. The summed E-state index contributed by atoms with van der Waals surface area (Å²) in [5.74, 6) is 0.625. The Morgan fingerprint density at radius 2 is 1.86 bits per heavy atom. The van der Waals surface area contributed by atoms with Crippen LogP contribution in [0.2, 0.25) is 0 Å². The van der Waals surface area contributed by atoms with E-state index in [1.54, 1.807) is 0 Å². The van der Waals surface area contributed by atoms with E-state index in [2.05, 4.69) is 24.5 Å². The minimum atomic E-state index is -0.188. The molecule has 1 aromatic rings. The molecule has 1 aromatic carbocycles. The maximum Gasteiger partial charge on any atom is 0.258 e. The third kappa shape index (κ3) is 7.14. The second-order valence-electron chi connectivity index (χ2n) is 6.25. The summed E-state index contributed by atoms with van der Waals surface area (Å²) in [5.41, 5.74) is 1.01. The summed E-state index contributed by atoms with van der Waals surface area (Å²) in [6.07, 6.45) is 0.885. The van der Waals surface area contributed by atoms with Crippen LogP contribution in [0.3, 0.4) is 0 Å². The van der Waals surface area contributed by atoms with E-state index in [9.17, 15) is 4.79 Å². The fraction of sp³-hybridized carbons (Fsp3) is 0.588. The topological polar surface area (TPSA) is 50.4 Å². The van der Waals surface area contributed by atoms with Crippen LogP contribution < -0.4 is 15.4 Å². The van der Waals surface area contributed by atoms with Gasteiger partial charge in [0.1, 0.15) is 5.75 Å². The molecule has 0 saturated heterocycles. The van der Waals surface area contributed by atoms with E-state index in [1.165, 1.54) is 5.56 Å². The molecule has 0 atom stereocenters. The first-order chi connectivity index (χ1) is 9.82. The normalized spacial score (nSPS) is 11.5. The van der Waals surface area contributed by atoms with Crippen LogP contribution in [0.4, 0.5) is 0 Å². The molecule has 2 N–H and O–H groups in total. The molecule has 1 rings (SSSR count). The lowest BCUT2D eigenvalue weighted by Gasteiger charge is -2.24. The number of hydrogen-bond donors (Lipinski definition) is 2. The van der Waals surface area contributed by atoms with Gasteiger partial charge in [-0.3, -0.25) is 4.79 Å². The monoisotopic (exact) mass is 292 g/mol. The van der Waals surface area contributed by atoms with Crippen LogP contribution in [-0.2, 0) is 11.3 Å². The molecule has 21 heavy (non-hydrogen) atoms. The molecule has 0 fully saturated rings. The Hall–Kier alpha value is -1.55. The van der Waals surface area contributed by atoms with E-state index in [0.29, 0.717) is 11.8 Å². The standard InChI is InChI=1S/C17H28N2O2/c1-6-17(4,5)19-16(20)12-21-15-9-7-14(8-10-15)11-18-13(2)3/h7-10,13,18H,6,11-12H2,1-5H3,(H,19,20). The van der Waals surface area contributed by atoms with Gasteiger partial charge in [-0.05, 0) is 38.0 Å². The fourth-order valence-corrected chi connectivity index (χ4v) is 1.68. The lowest BCUT2D eigenvalue weighted by atomic mass is 10.0. The molecule has 0 aliphatic heterocycles. The zero-order valence-corrected chi connectivity index (χ0v) is 13.8. The zero-order valence-electron chi connectivity index (χ0n) is 13.8. The van der Waals surface area contributed by atoms with Crippen molar-refractivity contribution in [1.82, 2.24) is 10.6 Å². The number of rotatable bonds is 8. The molecule has 118 valence electrons. The maximum absolute atomic E-state index is 11.8. The smallest absolute Gasteiger partial charge is 0.258 e. The van der Waals surface area contributed by atoms with Crippen LogP contribution in [0.25, 0.3) is 0 Å². The molecule has 0 aliphatic carbocycles. The Labute approximate surface area is 128 Å². The van der Waals surface area contributed by atoms with E-state index in [0.717, 1.165) is 13.0 Å². The van der Waals surface area contributed by atoms with Gasteiger partial charge in [-0.2, -0.15) is 0 Å². The molecule has 4 nitrogen and oxygen atoms in total. The lowest BCUT2D eigenvalue weighted by Crippen LogP contribution is -2.44. The fourth-order valence-electron chi connectivity index (χ4n) is 1.68. The van der Waals surface area contributed by atoms with Gasteiger partial charge in [0, 0.05) is 18.1 Å². The highest BCUT2D eigenvalue weighted by molar-refractivity contribution is 5.78. The highest BCUT2D eigenvalue weighted by atomic mass is 16.5. The summed E-state index contributed by atoms with van der Waals surface area (Å²) < 4.78 is 5.51. The van der Waals surface area contributed by atoms with Gasteiger partial charge in [-0.15, -0.1) is 0 Å². The van der Waals surface area contributed by atoms with Crippen LogP contribution in [0.5, 0.6) is 5.75 Å². The predicted molar refractivity (Wildman–Crippen MR) is 86.4 cm³/mol. The van der Waals surface area contributed by atoms with Crippen molar-refractivity contribution in [2.24, 2.45) is 0 Å². The van der Waals surface area contributed by atoms with Gasteiger partial charge in [0.2, 0.25) is 0 Å². The SMILES string of the molecule is CCC(C)(C)NC(=O)COc1ccc(CNC(C)C)cc1. The number of carbonyl (C=O) groups excluding carboxylic acids is 1. The van der Waals surface area contributed by atoms with Crippen molar-refractivity contribution in [1.29, 1.82) is 0 Å². The first-order valence-electron chi connectivity index (χ1n) is 7.58. The van der Waals surface area contributed by atoms with Crippen molar-refractivity contribution >= 4 is 5.91 Å². The zero-order chi connectivity index (χ0) is 15.9. The van der Waals surface area contributed by atoms with Gasteiger partial charge in [0.15, 0.2) is 6.61 Å². The Morgan fingerprint density at radius 1 is 1.24 bits per heavy atom. The third-order valence-corrected chi connectivity index (χ3v) is 3.37. The van der Waals surface area contributed by atoms with Crippen molar-refractivity contribution in [3.63, 3.8) is 0 Å². The van der Waals surface area contributed by atoms with E-state index in [-0.39, 0.29) is 18.1 Å². The third-order valence-electron chi connectivity index (χ3n) is 3.37. The molecule has 0 unspecified atom stereocenters. The molecule has 1 amide bonds. The quantitative estimate of drug-likeness (QED) is 0.774. The van der Waals surface area contributed by atoms with Crippen molar-refractivity contribution in [2.75, 3.05) is 6.61 Å². The molecule has 0 saturated carbocycles. The molecule has 4 heteroatoms. The molecular formula is C17H28N2O2. The second-order valence-corrected chi connectivity index (χ2v) is 6.25. The summed E-state index contributed by atoms with van der Waals surface area (Å²) in [7, 11) is 0. The van der Waals surface area contributed by atoms with Gasteiger partial charge in [-0.25, -0.2) is 0 Å². The number of amides is 1. The molecule has 0 aliphatic rings. The molecule has 0 bridgehead atoms. The van der Waals surface area contributed by atoms with Gasteiger partial charge in [-0.1, -0.05) is 32.9 Å². The largest absolute Gasteiger partial charge is 0.484 e. The Kier molecular flexibility index (Phi) is 6.69. The highest BCUT2D eigenvalue weighted by Crippen LogP contribution is 2.12. The first-order valence-corrected chi connectivity index (χ1v) is 7.58. The Bertz CT molecular complexity index is 439. The summed E-state index contributed by atoms with van der Waals surface area (Å²) >= 11 is 0. The average Bonchev–Trinajstić information content (AvgIpc) is 2.43. The number of ether oxygens (including phenoxy) is 1. The molecule has 0 spiro atoms. The van der Waals surface area contributed by atoms with Crippen LogP contribution >= 0.6 is 0 Å². The van der Waals surface area contributed by atoms with Crippen molar-refractivity contribution in [2.45, 2.75) is 59.2 Å². The first kappa shape index (κ1) is 17.5. The molecule has 0 heterocycles. The van der Waals surface area contributed by atoms with E-state index in [1.807, 2.05) is 45.0 Å². The van der Waals surface area contributed by atoms with Gasteiger partial charge in [0.25, 0.3) is 5.91 Å². The van der Waals surface area contributed by atoms with Gasteiger partial charge < -0.3 is 15.4 Å². The minimum absolute atomic E-state index is 0.0486. The lowest BCUT2D eigenvalue weighted by molar-refractivity contribution is -0.124. The maximum atomic E-state index is 11.8. The Balaban J connectivity index is 2.40. The van der Waals surface area contributed by atoms with E-state index < -0.39 is 0 Å². The van der Waals surface area contributed by atoms with E-state index in [4.69, 9.17) is 4.74 Å². The average molecular weight is 292 g/mol. The van der Waals surface area contributed by atoms with E-state index >= 15 is 0 Å². The predicted octanol–water partition coefficient (Wildman–Crippen LogP) is 2.87. The van der Waals surface area contributed by atoms with Crippen molar-refractivity contribution in [3.8, 4) is 5.75 Å². The van der Waals surface area contributed by atoms with Gasteiger partial charge >= 0.3 is 0 Å². The summed E-state index contributed by atoms with van der Waals surface area (Å²) in [6.45, 7) is 11.2. The number of benzene rings is 1. The van der Waals surface area contributed by atoms with Crippen LogP contribution in [0, 0.1) is 0 Å². The Morgan fingerprint density at radius 3 is 2.38 bits per heavy atom. The van der Waals surface area contributed by atoms with Crippen molar-refractivity contribution < 1.29 is 9.53 Å². The number of hydrogen-bond acceptors (Lipinski definition) is 3. The van der Waals surface area contributed by atoms with Crippen LogP contribution in [0.1, 0.15) is 46.6 Å². The number of nitrogens with one attached hydrogen (secondary N) is 2. The van der Waals surface area contributed by atoms with Gasteiger partial charge in [0.05, 0.1) is 0 Å². The minimum Gasteiger partial charge on any atom is -0.484 e. The second kappa shape index (κ2) is 8.03. The summed E-state index contributed by atoms with van der Waals surface area (Å²) in [4.78, 5) is 11.8.